The number of hydrogen-bond acceptors (Lipinski definition) is 1. The molecule has 0 aromatic heterocycles. The molecule has 0 heterocycles. The van der Waals surface area contributed by atoms with Crippen molar-refractivity contribution in [2.45, 2.75) is 52.0 Å². The number of rotatable bonds is 0. The molecule has 9 heavy (non-hydrogen) atoms. The Balaban J connectivity index is 0.000000640. The topological polar surface area (TPSA) is 26.0 Å². The largest absolute Gasteiger partial charge is 0.328 e. The van der Waals surface area contributed by atoms with Crippen molar-refractivity contribution < 1.29 is 0 Å². The molecule has 1 fully saturated rings. The molecule has 2 N–H and O–H groups in total. The summed E-state index contributed by atoms with van der Waals surface area (Å²) in [6, 6.07) is 0.525. The van der Waals surface area contributed by atoms with Crippen molar-refractivity contribution in [3.8, 4) is 0 Å². The molecule has 1 aliphatic carbocycles. The van der Waals surface area contributed by atoms with Gasteiger partial charge in [0.1, 0.15) is 0 Å². The van der Waals surface area contributed by atoms with E-state index >= 15 is 0 Å². The van der Waals surface area contributed by atoms with Gasteiger partial charge in [-0.1, -0.05) is 33.1 Å². The summed E-state index contributed by atoms with van der Waals surface area (Å²) in [4.78, 5) is 0. The quantitative estimate of drug-likeness (QED) is 0.499. The van der Waals surface area contributed by atoms with Gasteiger partial charge in [-0.25, -0.2) is 0 Å². The fraction of sp³-hybridized carbons (Fsp3) is 1.00. The Bertz CT molecular complexity index is 53.6. The van der Waals surface area contributed by atoms with E-state index in [0.29, 0.717) is 6.04 Å². The molecule has 0 atom stereocenters. The second-order valence-corrected chi connectivity index (χ2v) is 2.75. The van der Waals surface area contributed by atoms with Gasteiger partial charge in [0.05, 0.1) is 0 Å². The number of hydrogen-bond donors (Lipinski definition) is 1. The van der Waals surface area contributed by atoms with E-state index in [2.05, 4.69) is 0 Å². The Morgan fingerprint density at radius 2 is 1.33 bits per heavy atom. The predicted octanol–water partition coefficient (Wildman–Crippen LogP) is 2.30. The van der Waals surface area contributed by atoms with Gasteiger partial charge in [-0.3, -0.25) is 0 Å². The lowest BCUT2D eigenvalue weighted by atomic mass is 10.1. The fourth-order valence-electron chi connectivity index (χ4n) is 1.31. The van der Waals surface area contributed by atoms with Crippen molar-refractivity contribution >= 4 is 0 Å². The third kappa shape index (κ3) is 3.52. The summed E-state index contributed by atoms with van der Waals surface area (Å²) in [5.41, 5.74) is 5.73. The summed E-state index contributed by atoms with van der Waals surface area (Å²) < 4.78 is 0. The standard InChI is InChI=1S/C7H15N.CH4/c8-7-5-3-1-2-4-6-7;/h7H,1-6,8H2;1H4. The molecule has 0 saturated heterocycles. The Hall–Kier alpha value is -0.0400. The van der Waals surface area contributed by atoms with Crippen LogP contribution < -0.4 is 5.73 Å². The summed E-state index contributed by atoms with van der Waals surface area (Å²) in [5.74, 6) is 0. The van der Waals surface area contributed by atoms with Gasteiger partial charge in [0, 0.05) is 6.04 Å². The highest BCUT2D eigenvalue weighted by atomic mass is 14.6. The van der Waals surface area contributed by atoms with Gasteiger partial charge >= 0.3 is 0 Å². The van der Waals surface area contributed by atoms with Crippen LogP contribution in [0.25, 0.3) is 0 Å². The van der Waals surface area contributed by atoms with Crippen molar-refractivity contribution in [2.75, 3.05) is 0 Å². The highest BCUT2D eigenvalue weighted by Crippen LogP contribution is 2.14. The van der Waals surface area contributed by atoms with Crippen molar-refractivity contribution in [3.05, 3.63) is 0 Å². The molecule has 0 radical (unpaired) electrons. The Morgan fingerprint density at radius 1 is 0.889 bits per heavy atom. The maximum absolute atomic E-state index is 5.73. The van der Waals surface area contributed by atoms with Crippen LogP contribution >= 0.6 is 0 Å². The van der Waals surface area contributed by atoms with Gasteiger partial charge in [-0.05, 0) is 12.8 Å². The summed E-state index contributed by atoms with van der Waals surface area (Å²) in [5, 5.41) is 0. The van der Waals surface area contributed by atoms with E-state index in [9.17, 15) is 0 Å². The Morgan fingerprint density at radius 3 is 1.78 bits per heavy atom. The minimum atomic E-state index is 0. The van der Waals surface area contributed by atoms with E-state index in [1.165, 1.54) is 38.5 Å². The minimum Gasteiger partial charge on any atom is -0.328 e. The van der Waals surface area contributed by atoms with E-state index in [0.717, 1.165) is 0 Å². The molecule has 0 aromatic rings. The van der Waals surface area contributed by atoms with Gasteiger partial charge in [-0.15, -0.1) is 0 Å². The lowest BCUT2D eigenvalue weighted by molar-refractivity contribution is 0.583. The van der Waals surface area contributed by atoms with Crippen molar-refractivity contribution in [2.24, 2.45) is 5.73 Å². The molecule has 1 saturated carbocycles. The molecule has 1 aliphatic rings. The van der Waals surface area contributed by atoms with Crippen molar-refractivity contribution in [1.29, 1.82) is 0 Å². The average molecular weight is 129 g/mol. The van der Waals surface area contributed by atoms with Crippen LogP contribution in [0.2, 0.25) is 0 Å². The summed E-state index contributed by atoms with van der Waals surface area (Å²) in [6.45, 7) is 0. The SMILES string of the molecule is C.NC1CCCCCC1. The van der Waals surface area contributed by atoms with Crippen LogP contribution in [0.4, 0.5) is 0 Å². The first-order chi connectivity index (χ1) is 3.89. The van der Waals surface area contributed by atoms with Gasteiger partial charge in [-0.2, -0.15) is 0 Å². The normalized spacial score (nSPS) is 22.3. The van der Waals surface area contributed by atoms with Gasteiger partial charge in [0.15, 0.2) is 0 Å². The highest BCUT2D eigenvalue weighted by molar-refractivity contribution is 4.64. The van der Waals surface area contributed by atoms with E-state index in [4.69, 9.17) is 5.73 Å². The second kappa shape index (κ2) is 4.80. The summed E-state index contributed by atoms with van der Waals surface area (Å²) >= 11 is 0. The highest BCUT2D eigenvalue weighted by Gasteiger charge is 2.05. The van der Waals surface area contributed by atoms with Crippen LogP contribution in [0.15, 0.2) is 0 Å². The molecule has 0 amide bonds. The first kappa shape index (κ1) is 8.96. The lowest BCUT2D eigenvalue weighted by Crippen LogP contribution is -2.17. The smallest absolute Gasteiger partial charge is 0.00388 e. The van der Waals surface area contributed by atoms with E-state index in [1.54, 1.807) is 0 Å². The molecule has 0 spiro atoms. The lowest BCUT2D eigenvalue weighted by Gasteiger charge is -2.03. The molecule has 1 nitrogen and oxygen atoms in total. The zero-order valence-corrected chi connectivity index (χ0v) is 5.40. The van der Waals surface area contributed by atoms with Crippen molar-refractivity contribution in [3.63, 3.8) is 0 Å². The molecule has 1 heteroatoms. The molecule has 56 valence electrons. The van der Waals surface area contributed by atoms with Gasteiger partial charge in [0.2, 0.25) is 0 Å². The fourth-order valence-corrected chi connectivity index (χ4v) is 1.31. The third-order valence-electron chi connectivity index (χ3n) is 1.90. The molecule has 0 aliphatic heterocycles. The first-order valence-corrected chi connectivity index (χ1v) is 3.65. The molecule has 1 rings (SSSR count). The van der Waals surface area contributed by atoms with Crippen LogP contribution in [-0.4, -0.2) is 6.04 Å². The average Bonchev–Trinajstić information content (AvgIpc) is 1.94. The van der Waals surface area contributed by atoms with Gasteiger partial charge in [0.25, 0.3) is 0 Å². The third-order valence-corrected chi connectivity index (χ3v) is 1.90. The van der Waals surface area contributed by atoms with E-state index in [-0.39, 0.29) is 7.43 Å². The molecular weight excluding hydrogens is 110 g/mol. The Labute approximate surface area is 58.6 Å². The molecular formula is C8H19N. The number of nitrogens with two attached hydrogens (primary N) is 1. The maximum Gasteiger partial charge on any atom is 0.00388 e. The minimum absolute atomic E-state index is 0. The molecule has 0 bridgehead atoms. The molecule has 0 aromatic carbocycles. The molecule has 0 unspecified atom stereocenters. The van der Waals surface area contributed by atoms with Crippen LogP contribution in [0, 0.1) is 0 Å². The zero-order chi connectivity index (χ0) is 5.82. The van der Waals surface area contributed by atoms with Crippen LogP contribution in [0.5, 0.6) is 0 Å². The van der Waals surface area contributed by atoms with Crippen LogP contribution in [0.3, 0.4) is 0 Å². The summed E-state index contributed by atoms with van der Waals surface area (Å²) in [7, 11) is 0. The van der Waals surface area contributed by atoms with Crippen LogP contribution in [0.1, 0.15) is 46.0 Å². The summed E-state index contributed by atoms with van der Waals surface area (Å²) in [6.07, 6.45) is 8.07. The zero-order valence-electron chi connectivity index (χ0n) is 5.40. The van der Waals surface area contributed by atoms with Crippen LogP contribution in [-0.2, 0) is 0 Å². The van der Waals surface area contributed by atoms with Crippen molar-refractivity contribution in [1.82, 2.24) is 0 Å². The second-order valence-electron chi connectivity index (χ2n) is 2.75. The first-order valence-electron chi connectivity index (χ1n) is 3.65. The Kier molecular flexibility index (Phi) is 4.78. The monoisotopic (exact) mass is 129 g/mol. The van der Waals surface area contributed by atoms with E-state index < -0.39 is 0 Å². The maximum atomic E-state index is 5.73. The predicted molar refractivity (Wildman–Crippen MR) is 42.4 cm³/mol. The van der Waals surface area contributed by atoms with E-state index in [1.807, 2.05) is 0 Å². The van der Waals surface area contributed by atoms with Gasteiger partial charge < -0.3 is 5.73 Å².